The lowest BCUT2D eigenvalue weighted by atomic mass is 10.1. The fourth-order valence-electron chi connectivity index (χ4n) is 2.30. The maximum Gasteiger partial charge on any atom is 0.339 e. The highest BCUT2D eigenvalue weighted by Gasteiger charge is 2.22. The molecule has 6 nitrogen and oxygen atoms in total. The summed E-state index contributed by atoms with van der Waals surface area (Å²) in [6, 6.07) is 3.48. The Morgan fingerprint density at radius 1 is 1.50 bits per heavy atom. The van der Waals surface area contributed by atoms with E-state index < -0.39 is 0 Å². The summed E-state index contributed by atoms with van der Waals surface area (Å²) in [4.78, 5) is 11.5. The first kappa shape index (κ1) is 11.2. The van der Waals surface area contributed by atoms with Gasteiger partial charge in [-0.1, -0.05) is 0 Å². The number of rotatable bonds is 2. The van der Waals surface area contributed by atoms with E-state index in [0.29, 0.717) is 11.5 Å². The van der Waals surface area contributed by atoms with Crippen molar-refractivity contribution in [3.63, 3.8) is 0 Å². The fourth-order valence-corrected chi connectivity index (χ4v) is 2.30. The van der Waals surface area contributed by atoms with Crippen molar-refractivity contribution in [1.82, 2.24) is 19.9 Å². The van der Waals surface area contributed by atoms with Crippen molar-refractivity contribution in [1.29, 1.82) is 0 Å². The SMILES string of the molecule is COC(=O)c1ccc2nnc(C3CCNC3)n2c1. The molecule has 1 saturated heterocycles. The molecule has 1 unspecified atom stereocenters. The van der Waals surface area contributed by atoms with Crippen molar-refractivity contribution in [2.75, 3.05) is 20.2 Å². The van der Waals surface area contributed by atoms with Gasteiger partial charge >= 0.3 is 5.97 Å². The van der Waals surface area contributed by atoms with Crippen LogP contribution in [0, 0.1) is 0 Å². The third kappa shape index (κ3) is 1.74. The van der Waals surface area contributed by atoms with Crippen LogP contribution in [-0.4, -0.2) is 40.8 Å². The minimum Gasteiger partial charge on any atom is -0.465 e. The summed E-state index contributed by atoms with van der Waals surface area (Å²) in [5.41, 5.74) is 1.27. The molecule has 0 aliphatic carbocycles. The standard InChI is InChI=1S/C12H14N4O2/c1-18-12(17)9-2-3-10-14-15-11(16(10)7-9)8-4-5-13-6-8/h2-3,7-8,13H,4-6H2,1H3. The molecule has 18 heavy (non-hydrogen) atoms. The van der Waals surface area contributed by atoms with E-state index in [2.05, 4.69) is 15.5 Å². The maximum absolute atomic E-state index is 11.5. The minimum absolute atomic E-state index is 0.346. The van der Waals surface area contributed by atoms with Gasteiger partial charge in [-0.25, -0.2) is 4.79 Å². The summed E-state index contributed by atoms with van der Waals surface area (Å²) in [7, 11) is 1.38. The largest absolute Gasteiger partial charge is 0.465 e. The summed E-state index contributed by atoms with van der Waals surface area (Å²) >= 11 is 0. The maximum atomic E-state index is 11.5. The first-order chi connectivity index (χ1) is 8.79. The second-order valence-corrected chi connectivity index (χ2v) is 4.39. The van der Waals surface area contributed by atoms with E-state index >= 15 is 0 Å². The molecule has 3 heterocycles. The average Bonchev–Trinajstić information content (AvgIpc) is 3.05. The van der Waals surface area contributed by atoms with Gasteiger partial charge in [0.15, 0.2) is 5.65 Å². The van der Waals surface area contributed by atoms with Crippen molar-refractivity contribution in [3.8, 4) is 0 Å². The highest BCUT2D eigenvalue weighted by atomic mass is 16.5. The average molecular weight is 246 g/mol. The van der Waals surface area contributed by atoms with Gasteiger partial charge in [-0.05, 0) is 25.1 Å². The Hall–Kier alpha value is -1.95. The second kappa shape index (κ2) is 4.38. The lowest BCUT2D eigenvalue weighted by Crippen LogP contribution is -2.11. The van der Waals surface area contributed by atoms with Crippen LogP contribution in [0.2, 0.25) is 0 Å². The molecule has 0 saturated carbocycles. The third-order valence-electron chi connectivity index (χ3n) is 3.28. The number of carbonyl (C=O) groups is 1. The topological polar surface area (TPSA) is 68.5 Å². The van der Waals surface area contributed by atoms with Gasteiger partial charge in [0.25, 0.3) is 0 Å². The Labute approximate surface area is 104 Å². The first-order valence-corrected chi connectivity index (χ1v) is 5.93. The molecule has 1 N–H and O–H groups in total. The summed E-state index contributed by atoms with van der Waals surface area (Å²) in [5.74, 6) is 0.912. The van der Waals surface area contributed by atoms with E-state index in [4.69, 9.17) is 4.74 Å². The number of carbonyl (C=O) groups excluding carboxylic acids is 1. The summed E-state index contributed by atoms with van der Waals surface area (Å²) in [5, 5.41) is 11.6. The lowest BCUT2D eigenvalue weighted by molar-refractivity contribution is 0.0600. The van der Waals surface area contributed by atoms with Crippen molar-refractivity contribution in [2.24, 2.45) is 0 Å². The van der Waals surface area contributed by atoms with Gasteiger partial charge in [0.05, 0.1) is 12.7 Å². The van der Waals surface area contributed by atoms with Crippen molar-refractivity contribution < 1.29 is 9.53 Å². The molecule has 1 aliphatic heterocycles. The fraction of sp³-hybridized carbons (Fsp3) is 0.417. The van der Waals surface area contributed by atoms with Crippen LogP contribution >= 0.6 is 0 Å². The number of hydrogen-bond acceptors (Lipinski definition) is 5. The van der Waals surface area contributed by atoms with Crippen LogP contribution in [0.1, 0.15) is 28.5 Å². The van der Waals surface area contributed by atoms with Crippen LogP contribution in [0.4, 0.5) is 0 Å². The van der Waals surface area contributed by atoms with Gasteiger partial charge in [-0.15, -0.1) is 10.2 Å². The minimum atomic E-state index is -0.346. The van der Waals surface area contributed by atoms with Crippen LogP contribution < -0.4 is 5.32 Å². The molecule has 6 heteroatoms. The number of nitrogens with zero attached hydrogens (tertiary/aromatic N) is 3. The van der Waals surface area contributed by atoms with Crippen molar-refractivity contribution in [2.45, 2.75) is 12.3 Å². The highest BCUT2D eigenvalue weighted by Crippen LogP contribution is 2.21. The molecule has 0 bridgehead atoms. The van der Waals surface area contributed by atoms with E-state index in [9.17, 15) is 4.79 Å². The molecule has 3 rings (SSSR count). The second-order valence-electron chi connectivity index (χ2n) is 4.39. The van der Waals surface area contributed by atoms with Crippen molar-refractivity contribution in [3.05, 3.63) is 29.7 Å². The van der Waals surface area contributed by atoms with Gasteiger partial charge < -0.3 is 10.1 Å². The van der Waals surface area contributed by atoms with Gasteiger partial charge in [0, 0.05) is 18.7 Å². The van der Waals surface area contributed by atoms with Crippen molar-refractivity contribution >= 4 is 11.6 Å². The smallest absolute Gasteiger partial charge is 0.339 e. The molecule has 1 aliphatic rings. The van der Waals surface area contributed by atoms with Gasteiger partial charge in [-0.3, -0.25) is 4.40 Å². The zero-order valence-electron chi connectivity index (χ0n) is 10.1. The molecular weight excluding hydrogens is 232 g/mol. The van der Waals surface area contributed by atoms with Crippen LogP contribution in [0.25, 0.3) is 5.65 Å². The molecule has 94 valence electrons. The Morgan fingerprint density at radius 2 is 2.39 bits per heavy atom. The van der Waals surface area contributed by atoms with Crippen LogP contribution in [0.15, 0.2) is 18.3 Å². The molecule has 1 atom stereocenters. The molecule has 0 radical (unpaired) electrons. The molecule has 2 aromatic heterocycles. The van der Waals surface area contributed by atoms with Gasteiger partial charge in [-0.2, -0.15) is 0 Å². The number of methoxy groups -OCH3 is 1. The predicted molar refractivity (Wildman–Crippen MR) is 64.6 cm³/mol. The number of aromatic nitrogens is 3. The molecule has 1 fully saturated rings. The predicted octanol–water partition coefficient (Wildman–Crippen LogP) is 0.593. The number of pyridine rings is 1. The molecule has 0 aromatic carbocycles. The molecule has 0 amide bonds. The molecule has 0 spiro atoms. The van der Waals surface area contributed by atoms with Crippen LogP contribution in [0.3, 0.4) is 0 Å². The normalized spacial score (nSPS) is 19.3. The Kier molecular flexibility index (Phi) is 2.71. The third-order valence-corrected chi connectivity index (χ3v) is 3.28. The van der Waals surface area contributed by atoms with E-state index in [0.717, 1.165) is 31.0 Å². The molecular formula is C12H14N4O2. The Balaban J connectivity index is 2.07. The summed E-state index contributed by atoms with van der Waals surface area (Å²) in [6.07, 6.45) is 2.79. The summed E-state index contributed by atoms with van der Waals surface area (Å²) in [6.45, 7) is 1.90. The van der Waals surface area contributed by atoms with Gasteiger partial charge in [0.1, 0.15) is 5.82 Å². The number of nitrogens with one attached hydrogen (secondary N) is 1. The van der Waals surface area contributed by atoms with E-state index in [1.54, 1.807) is 18.3 Å². The summed E-state index contributed by atoms with van der Waals surface area (Å²) < 4.78 is 6.60. The van der Waals surface area contributed by atoms with E-state index in [-0.39, 0.29) is 5.97 Å². The number of hydrogen-bond donors (Lipinski definition) is 1. The molecule has 2 aromatic rings. The Morgan fingerprint density at radius 3 is 3.11 bits per heavy atom. The first-order valence-electron chi connectivity index (χ1n) is 5.93. The quantitative estimate of drug-likeness (QED) is 0.785. The highest BCUT2D eigenvalue weighted by molar-refractivity contribution is 5.89. The number of esters is 1. The number of ether oxygens (including phenoxy) is 1. The van der Waals surface area contributed by atoms with E-state index in [1.807, 2.05) is 4.40 Å². The number of fused-ring (bicyclic) bond motifs is 1. The van der Waals surface area contributed by atoms with Crippen LogP contribution in [-0.2, 0) is 4.74 Å². The zero-order valence-corrected chi connectivity index (χ0v) is 10.1. The monoisotopic (exact) mass is 246 g/mol. The van der Waals surface area contributed by atoms with Gasteiger partial charge in [0.2, 0.25) is 0 Å². The zero-order chi connectivity index (χ0) is 12.5. The van der Waals surface area contributed by atoms with E-state index in [1.165, 1.54) is 7.11 Å². The van der Waals surface area contributed by atoms with Crippen LogP contribution in [0.5, 0.6) is 0 Å². The Bertz CT molecular complexity index is 587. The lowest BCUT2D eigenvalue weighted by Gasteiger charge is -2.06.